The van der Waals surface area contributed by atoms with Gasteiger partial charge in [-0.2, -0.15) is 18.3 Å². The second-order valence-corrected chi connectivity index (χ2v) is 9.10. The number of aliphatic carboxylic acids is 1. The number of carbonyl (C=O) groups is 1. The van der Waals surface area contributed by atoms with E-state index >= 15 is 0 Å². The van der Waals surface area contributed by atoms with E-state index in [0.717, 1.165) is 10.7 Å². The van der Waals surface area contributed by atoms with Crippen molar-refractivity contribution in [2.45, 2.75) is 31.4 Å². The topological polar surface area (TPSA) is 122 Å². The van der Waals surface area contributed by atoms with Gasteiger partial charge in [-0.3, -0.25) is 4.79 Å². The Balaban J connectivity index is 1.62. The summed E-state index contributed by atoms with van der Waals surface area (Å²) in [5.74, 6) is -1.40. The van der Waals surface area contributed by atoms with Crippen LogP contribution in [0.5, 0.6) is 0 Å². The highest BCUT2D eigenvalue weighted by Gasteiger charge is 2.54. The van der Waals surface area contributed by atoms with Gasteiger partial charge in [0, 0.05) is 47.8 Å². The van der Waals surface area contributed by atoms with E-state index in [1.54, 1.807) is 0 Å². The summed E-state index contributed by atoms with van der Waals surface area (Å²) < 4.78 is 56.1. The number of nitrogens with one attached hydrogen (secondary N) is 2. The Labute approximate surface area is 211 Å². The Morgan fingerprint density at radius 3 is 2.53 bits per heavy atom. The van der Waals surface area contributed by atoms with Crippen molar-refractivity contribution in [2.75, 3.05) is 11.9 Å². The van der Waals surface area contributed by atoms with Crippen LogP contribution in [0, 0.1) is 5.82 Å². The first-order valence-corrected chi connectivity index (χ1v) is 11.7. The number of nitrogens with zero attached hydrogens (tertiary/aromatic N) is 5. The standard InChI is InChI=1S/C25H19F4N7O2/c1-2-30-16-8-13(26)7-14-18-20(36-6-3-17(35-36)25(27,28)29)15(11-31-21(18)34-19(14)16)12-9-32-22(33-10-12)24(4-5-24)23(37)38/h3,6-11,30H,2,4-5H2,1H3,(H,31,34)(H,37,38). The fourth-order valence-corrected chi connectivity index (χ4v) is 4.66. The molecule has 13 heteroatoms. The Hall–Kier alpha value is -4.55. The van der Waals surface area contributed by atoms with Crippen LogP contribution in [0.2, 0.25) is 0 Å². The zero-order valence-corrected chi connectivity index (χ0v) is 19.8. The fraction of sp³-hybridized carbons (Fsp3) is 0.240. The number of aromatic nitrogens is 6. The van der Waals surface area contributed by atoms with Crippen LogP contribution in [0.4, 0.5) is 23.2 Å². The molecule has 1 aliphatic rings. The minimum Gasteiger partial charge on any atom is -0.480 e. The molecule has 0 bridgehead atoms. The van der Waals surface area contributed by atoms with E-state index in [2.05, 4.69) is 30.4 Å². The number of aromatic amines is 1. The van der Waals surface area contributed by atoms with Crippen molar-refractivity contribution in [3.63, 3.8) is 0 Å². The molecule has 1 saturated carbocycles. The van der Waals surface area contributed by atoms with E-state index in [0.29, 0.717) is 58.1 Å². The van der Waals surface area contributed by atoms with Gasteiger partial charge in [-0.05, 0) is 38.0 Å². The summed E-state index contributed by atoms with van der Waals surface area (Å²) in [5, 5.41) is 17.1. The zero-order valence-electron chi connectivity index (χ0n) is 19.8. The number of carboxylic acids is 1. The summed E-state index contributed by atoms with van der Waals surface area (Å²) in [7, 11) is 0. The first-order chi connectivity index (χ1) is 18.1. The smallest absolute Gasteiger partial charge is 0.435 e. The lowest BCUT2D eigenvalue weighted by molar-refractivity contribution is -0.141. The number of pyridine rings is 1. The summed E-state index contributed by atoms with van der Waals surface area (Å²) >= 11 is 0. The molecule has 1 aliphatic carbocycles. The Bertz CT molecular complexity index is 1720. The predicted octanol–water partition coefficient (Wildman–Crippen LogP) is 5.06. The maximum Gasteiger partial charge on any atom is 0.435 e. The van der Waals surface area contributed by atoms with Crippen LogP contribution < -0.4 is 5.32 Å². The van der Waals surface area contributed by atoms with E-state index < -0.39 is 29.1 Å². The second-order valence-electron chi connectivity index (χ2n) is 9.10. The highest BCUT2D eigenvalue weighted by Crippen LogP contribution is 2.47. The SMILES string of the molecule is CCNc1cc(F)cc2c1[nH]c1ncc(-c3cnc(C4(C(=O)O)CC4)nc3)c(-n3ccc(C(F)(F)F)n3)c12. The van der Waals surface area contributed by atoms with Crippen molar-refractivity contribution in [3.8, 4) is 16.8 Å². The third kappa shape index (κ3) is 3.64. The number of fused-ring (bicyclic) bond motifs is 3. The first kappa shape index (κ1) is 23.8. The molecule has 0 atom stereocenters. The lowest BCUT2D eigenvalue weighted by Crippen LogP contribution is -2.22. The Kier molecular flexibility index (Phi) is 5.16. The summed E-state index contributed by atoms with van der Waals surface area (Å²) in [5.41, 5.74) is 0.00770. The number of alkyl halides is 3. The molecular weight excluding hydrogens is 506 g/mol. The lowest BCUT2D eigenvalue weighted by Gasteiger charge is -2.13. The normalized spacial score (nSPS) is 14.8. The maximum atomic E-state index is 14.7. The molecule has 6 rings (SSSR count). The molecule has 1 fully saturated rings. The van der Waals surface area contributed by atoms with Crippen LogP contribution in [0.3, 0.4) is 0 Å². The molecule has 0 radical (unpaired) electrons. The first-order valence-electron chi connectivity index (χ1n) is 11.7. The maximum absolute atomic E-state index is 14.7. The van der Waals surface area contributed by atoms with Crippen LogP contribution in [0.25, 0.3) is 38.8 Å². The largest absolute Gasteiger partial charge is 0.480 e. The quantitative estimate of drug-likeness (QED) is 0.265. The molecular formula is C25H19F4N7O2. The van der Waals surface area contributed by atoms with Gasteiger partial charge in [0.05, 0.1) is 22.3 Å². The number of rotatable bonds is 6. The van der Waals surface area contributed by atoms with E-state index in [9.17, 15) is 27.5 Å². The molecule has 194 valence electrons. The molecule has 0 spiro atoms. The average molecular weight is 525 g/mol. The highest BCUT2D eigenvalue weighted by atomic mass is 19.4. The number of hydrogen-bond acceptors (Lipinski definition) is 6. The van der Waals surface area contributed by atoms with Gasteiger partial charge in [-0.25, -0.2) is 24.0 Å². The number of H-pyrrole nitrogens is 1. The van der Waals surface area contributed by atoms with E-state index in [-0.39, 0.29) is 11.5 Å². The van der Waals surface area contributed by atoms with Crippen molar-refractivity contribution in [2.24, 2.45) is 0 Å². The number of halogens is 4. The highest BCUT2D eigenvalue weighted by molar-refractivity contribution is 6.15. The number of carboxylic acid groups (broad SMARTS) is 1. The monoisotopic (exact) mass is 525 g/mol. The van der Waals surface area contributed by atoms with Gasteiger partial charge in [0.15, 0.2) is 5.69 Å². The summed E-state index contributed by atoms with van der Waals surface area (Å²) in [6, 6.07) is 3.44. The molecule has 0 aliphatic heterocycles. The van der Waals surface area contributed by atoms with Gasteiger partial charge in [-0.15, -0.1) is 0 Å². The minimum atomic E-state index is -4.68. The number of hydrogen-bond donors (Lipinski definition) is 3. The fourth-order valence-electron chi connectivity index (χ4n) is 4.66. The molecule has 4 aromatic heterocycles. The van der Waals surface area contributed by atoms with Crippen molar-refractivity contribution in [3.05, 3.63) is 60.3 Å². The number of benzene rings is 1. The van der Waals surface area contributed by atoms with Crippen molar-refractivity contribution in [1.29, 1.82) is 0 Å². The molecule has 3 N–H and O–H groups in total. The summed E-state index contributed by atoms with van der Waals surface area (Å²) in [6.07, 6.45) is 1.59. The molecule has 38 heavy (non-hydrogen) atoms. The van der Waals surface area contributed by atoms with Gasteiger partial charge >= 0.3 is 12.1 Å². The molecule has 0 amide bonds. The lowest BCUT2D eigenvalue weighted by atomic mass is 10.0. The Morgan fingerprint density at radius 2 is 1.92 bits per heavy atom. The van der Waals surface area contributed by atoms with Crippen LogP contribution in [0.15, 0.2) is 43.0 Å². The molecule has 9 nitrogen and oxygen atoms in total. The summed E-state index contributed by atoms with van der Waals surface area (Å²) in [4.78, 5) is 27.8. The van der Waals surface area contributed by atoms with Crippen molar-refractivity contribution >= 4 is 33.6 Å². The molecule has 0 saturated heterocycles. The Morgan fingerprint density at radius 1 is 1.18 bits per heavy atom. The van der Waals surface area contributed by atoms with Crippen molar-refractivity contribution < 1.29 is 27.5 Å². The van der Waals surface area contributed by atoms with Gasteiger partial charge < -0.3 is 15.4 Å². The van der Waals surface area contributed by atoms with Gasteiger partial charge in [0.2, 0.25) is 0 Å². The summed E-state index contributed by atoms with van der Waals surface area (Å²) in [6.45, 7) is 2.36. The molecule has 5 aromatic rings. The van der Waals surface area contributed by atoms with Gasteiger partial charge in [0.25, 0.3) is 0 Å². The number of anilines is 1. The van der Waals surface area contributed by atoms with Crippen LogP contribution in [0.1, 0.15) is 31.3 Å². The van der Waals surface area contributed by atoms with Crippen LogP contribution in [-0.4, -0.2) is 47.3 Å². The average Bonchev–Trinajstić information content (AvgIpc) is 3.38. The van der Waals surface area contributed by atoms with Crippen LogP contribution >= 0.6 is 0 Å². The van der Waals surface area contributed by atoms with Gasteiger partial charge in [0.1, 0.15) is 22.7 Å². The predicted molar refractivity (Wildman–Crippen MR) is 129 cm³/mol. The third-order valence-corrected chi connectivity index (χ3v) is 6.69. The zero-order chi connectivity index (χ0) is 26.8. The second kappa shape index (κ2) is 8.23. The van der Waals surface area contributed by atoms with Crippen LogP contribution in [-0.2, 0) is 16.4 Å². The third-order valence-electron chi connectivity index (χ3n) is 6.69. The van der Waals surface area contributed by atoms with Crippen molar-refractivity contribution in [1.82, 2.24) is 29.7 Å². The van der Waals surface area contributed by atoms with E-state index in [4.69, 9.17) is 0 Å². The van der Waals surface area contributed by atoms with Gasteiger partial charge in [-0.1, -0.05) is 0 Å². The molecule has 1 aromatic carbocycles. The van der Waals surface area contributed by atoms with E-state index in [1.807, 2.05) is 6.92 Å². The van der Waals surface area contributed by atoms with E-state index in [1.165, 1.54) is 36.9 Å². The molecule has 0 unspecified atom stereocenters. The molecule has 4 heterocycles. The minimum absolute atomic E-state index is 0.159.